The van der Waals surface area contributed by atoms with Gasteiger partial charge in [0.25, 0.3) is 0 Å². The van der Waals surface area contributed by atoms with Gasteiger partial charge >= 0.3 is 0 Å². The van der Waals surface area contributed by atoms with Crippen LogP contribution in [0.3, 0.4) is 0 Å². The average molecular weight is 246 g/mol. The fraction of sp³-hybridized carbons (Fsp3) is 0.0833. The number of aromatic nitrogens is 2. The van der Waals surface area contributed by atoms with Crippen molar-refractivity contribution >= 4 is 11.6 Å². The topological polar surface area (TPSA) is 58.7 Å². The molecule has 1 aromatic carbocycles. The van der Waals surface area contributed by atoms with Crippen LogP contribution in [0.25, 0.3) is 5.69 Å². The van der Waals surface area contributed by atoms with Crippen LogP contribution in [0.1, 0.15) is 11.4 Å². The Hall–Kier alpha value is -2.12. The monoisotopic (exact) mass is 245 g/mol. The molecule has 0 N–H and O–H groups in total. The third-order valence-electron chi connectivity index (χ3n) is 2.29. The Labute approximate surface area is 103 Å². The highest BCUT2D eigenvalue weighted by molar-refractivity contribution is 6.32. The fourth-order valence-electron chi connectivity index (χ4n) is 1.49. The van der Waals surface area contributed by atoms with Gasteiger partial charge < -0.3 is 0 Å². The summed E-state index contributed by atoms with van der Waals surface area (Å²) < 4.78 is 1.49. The Kier molecular flexibility index (Phi) is 2.94. The van der Waals surface area contributed by atoms with Crippen molar-refractivity contribution < 1.29 is 0 Å². The van der Waals surface area contributed by atoms with Crippen molar-refractivity contribution in [2.75, 3.05) is 0 Å². The van der Waals surface area contributed by atoms with Gasteiger partial charge in [0.15, 0.2) is 0 Å². The van der Waals surface area contributed by atoms with Crippen molar-refractivity contribution in [3.8, 4) is 11.8 Å². The number of rotatable bonds is 1. The highest BCUT2D eigenvalue weighted by Gasteiger charge is 2.08. The summed E-state index contributed by atoms with van der Waals surface area (Å²) in [6, 6.07) is 10.2. The van der Waals surface area contributed by atoms with Gasteiger partial charge in [-0.2, -0.15) is 10.4 Å². The van der Waals surface area contributed by atoms with E-state index in [2.05, 4.69) is 5.10 Å². The molecule has 5 heteroatoms. The van der Waals surface area contributed by atoms with Crippen LogP contribution in [-0.2, 0) is 0 Å². The van der Waals surface area contributed by atoms with E-state index in [1.807, 2.05) is 6.07 Å². The number of hydrogen-bond donors (Lipinski definition) is 0. The van der Waals surface area contributed by atoms with Crippen molar-refractivity contribution in [1.82, 2.24) is 9.78 Å². The minimum Gasteiger partial charge on any atom is -0.287 e. The van der Waals surface area contributed by atoms with Gasteiger partial charge in [0, 0.05) is 11.8 Å². The maximum Gasteiger partial charge on any atom is 0.218 e. The lowest BCUT2D eigenvalue weighted by Gasteiger charge is -2.10. The van der Waals surface area contributed by atoms with E-state index in [1.165, 1.54) is 10.7 Å². The van der Waals surface area contributed by atoms with Crippen LogP contribution in [0.5, 0.6) is 0 Å². The predicted molar refractivity (Wildman–Crippen MR) is 64.3 cm³/mol. The van der Waals surface area contributed by atoms with E-state index < -0.39 is 0 Å². The zero-order chi connectivity index (χ0) is 12.4. The van der Waals surface area contributed by atoms with Gasteiger partial charge in [-0.25, -0.2) is 4.68 Å². The average Bonchev–Trinajstić information content (AvgIpc) is 2.31. The van der Waals surface area contributed by atoms with Crippen LogP contribution < -0.4 is 5.43 Å². The predicted octanol–water partition coefficient (Wildman–Crippen LogP) is 2.07. The maximum atomic E-state index is 11.4. The highest BCUT2D eigenvalue weighted by atomic mass is 35.5. The van der Waals surface area contributed by atoms with Gasteiger partial charge in [-0.15, -0.1) is 0 Å². The Bertz CT molecular complexity index is 670. The molecule has 1 aromatic heterocycles. The third-order valence-corrected chi connectivity index (χ3v) is 2.61. The van der Waals surface area contributed by atoms with Crippen molar-refractivity contribution in [2.45, 2.75) is 6.92 Å². The van der Waals surface area contributed by atoms with Crippen LogP contribution in [0, 0.1) is 18.3 Å². The number of para-hydroxylation sites is 1. The first kappa shape index (κ1) is 11.4. The molecular weight excluding hydrogens is 238 g/mol. The zero-order valence-corrected chi connectivity index (χ0v) is 9.77. The summed E-state index contributed by atoms with van der Waals surface area (Å²) in [5.74, 6) is 0. The van der Waals surface area contributed by atoms with Crippen molar-refractivity contribution in [2.24, 2.45) is 0 Å². The zero-order valence-electron chi connectivity index (χ0n) is 9.01. The molecule has 0 aliphatic heterocycles. The van der Waals surface area contributed by atoms with Crippen LogP contribution in [0.15, 0.2) is 35.1 Å². The molecule has 84 valence electrons. The SMILES string of the molecule is Cc1cc(=O)c(C#N)nn1-c1ccccc1Cl. The Balaban J connectivity index is 2.73. The molecule has 4 nitrogen and oxygen atoms in total. The van der Waals surface area contributed by atoms with Crippen LogP contribution in [0.2, 0.25) is 5.02 Å². The van der Waals surface area contributed by atoms with Gasteiger partial charge in [-0.05, 0) is 19.1 Å². The molecule has 1 heterocycles. The lowest BCUT2D eigenvalue weighted by molar-refractivity contribution is 0.790. The third kappa shape index (κ3) is 2.05. The number of halogens is 1. The largest absolute Gasteiger partial charge is 0.287 e. The van der Waals surface area contributed by atoms with Crippen LogP contribution >= 0.6 is 11.6 Å². The molecule has 0 amide bonds. The Morgan fingerprint density at radius 2 is 2.12 bits per heavy atom. The summed E-state index contributed by atoms with van der Waals surface area (Å²) in [6.07, 6.45) is 0. The lowest BCUT2D eigenvalue weighted by Crippen LogP contribution is -2.16. The summed E-state index contributed by atoms with van der Waals surface area (Å²) in [5.41, 5.74) is 0.745. The van der Waals surface area contributed by atoms with E-state index in [0.29, 0.717) is 16.4 Å². The van der Waals surface area contributed by atoms with Crippen LogP contribution in [-0.4, -0.2) is 9.78 Å². The summed E-state index contributed by atoms with van der Waals surface area (Å²) in [4.78, 5) is 11.4. The van der Waals surface area contributed by atoms with Gasteiger partial charge in [-0.3, -0.25) is 4.79 Å². The maximum absolute atomic E-state index is 11.4. The minimum absolute atomic E-state index is 0.143. The normalized spacial score (nSPS) is 9.94. The van der Waals surface area contributed by atoms with Crippen LogP contribution in [0.4, 0.5) is 0 Å². The Morgan fingerprint density at radius 1 is 1.41 bits per heavy atom. The van der Waals surface area contributed by atoms with E-state index in [-0.39, 0.29) is 11.1 Å². The molecule has 0 unspecified atom stereocenters. The molecule has 2 aromatic rings. The van der Waals surface area contributed by atoms with Crippen molar-refractivity contribution in [3.63, 3.8) is 0 Å². The molecule has 0 saturated heterocycles. The number of aryl methyl sites for hydroxylation is 1. The molecule has 0 fully saturated rings. The summed E-state index contributed by atoms with van der Waals surface area (Å²) in [5, 5.41) is 13.3. The molecule has 0 saturated carbocycles. The first-order valence-electron chi connectivity index (χ1n) is 4.89. The van der Waals surface area contributed by atoms with Crippen molar-refractivity contribution in [3.05, 3.63) is 57.0 Å². The molecule has 0 aliphatic rings. The lowest BCUT2D eigenvalue weighted by atomic mass is 10.3. The first-order valence-corrected chi connectivity index (χ1v) is 5.27. The number of benzene rings is 1. The molecule has 2 rings (SSSR count). The molecule has 0 radical (unpaired) electrons. The number of nitriles is 1. The smallest absolute Gasteiger partial charge is 0.218 e. The molecule has 0 aliphatic carbocycles. The highest BCUT2D eigenvalue weighted by Crippen LogP contribution is 2.19. The second-order valence-corrected chi connectivity index (χ2v) is 3.88. The molecular formula is C12H8ClN3O. The number of nitrogens with zero attached hydrogens (tertiary/aromatic N) is 3. The molecule has 17 heavy (non-hydrogen) atoms. The fourth-order valence-corrected chi connectivity index (χ4v) is 1.71. The van der Waals surface area contributed by atoms with Gasteiger partial charge in [0.05, 0.1) is 10.7 Å². The van der Waals surface area contributed by atoms with E-state index >= 15 is 0 Å². The second-order valence-electron chi connectivity index (χ2n) is 3.47. The van der Waals surface area contributed by atoms with E-state index in [9.17, 15) is 4.79 Å². The Morgan fingerprint density at radius 3 is 2.76 bits per heavy atom. The minimum atomic E-state index is -0.381. The van der Waals surface area contributed by atoms with E-state index in [4.69, 9.17) is 16.9 Å². The van der Waals surface area contributed by atoms with Gasteiger partial charge in [0.1, 0.15) is 6.07 Å². The molecule has 0 spiro atoms. The second kappa shape index (κ2) is 4.40. The van der Waals surface area contributed by atoms with E-state index in [1.54, 1.807) is 31.2 Å². The molecule has 0 atom stereocenters. The van der Waals surface area contributed by atoms with Gasteiger partial charge in [-0.1, -0.05) is 23.7 Å². The van der Waals surface area contributed by atoms with Gasteiger partial charge in [0.2, 0.25) is 11.1 Å². The summed E-state index contributed by atoms with van der Waals surface area (Å²) >= 11 is 6.04. The van der Waals surface area contributed by atoms with Crippen molar-refractivity contribution in [1.29, 1.82) is 5.26 Å². The first-order chi connectivity index (χ1) is 8.13. The standard InChI is InChI=1S/C12H8ClN3O/c1-8-6-12(17)10(7-14)15-16(8)11-5-3-2-4-9(11)13/h2-6H,1H3. The summed E-state index contributed by atoms with van der Waals surface area (Å²) in [6.45, 7) is 1.74. The van der Waals surface area contributed by atoms with E-state index in [0.717, 1.165) is 0 Å². The number of hydrogen-bond acceptors (Lipinski definition) is 3. The molecule has 0 bridgehead atoms. The summed E-state index contributed by atoms with van der Waals surface area (Å²) in [7, 11) is 0. The quantitative estimate of drug-likeness (QED) is 0.773.